The third-order valence-corrected chi connectivity index (χ3v) is 2.93. The lowest BCUT2D eigenvalue weighted by molar-refractivity contribution is 0.108. The average Bonchev–Trinajstić information content (AvgIpc) is 2.01. The number of hydrogen-bond donors (Lipinski definition) is 0. The van der Waals surface area contributed by atoms with Crippen LogP contribution in [0.15, 0.2) is 23.1 Å². The van der Waals surface area contributed by atoms with Gasteiger partial charge in [0.05, 0.1) is 4.90 Å². The van der Waals surface area contributed by atoms with Gasteiger partial charge < -0.3 is 0 Å². The molecule has 14 heavy (non-hydrogen) atoms. The second-order valence-corrected chi connectivity index (χ2v) is 5.30. The molecular weight excluding hydrogens is 254 g/mol. The van der Waals surface area contributed by atoms with Gasteiger partial charge in [-0.15, -0.1) is 0 Å². The van der Waals surface area contributed by atoms with Crippen molar-refractivity contribution < 1.29 is 17.6 Å². The highest BCUT2D eigenvalue weighted by atomic mass is 35.7. The van der Waals surface area contributed by atoms with Crippen LogP contribution in [0, 0.1) is 5.82 Å². The maximum absolute atomic E-state index is 12.8. The molecule has 0 aromatic heterocycles. The summed E-state index contributed by atoms with van der Waals surface area (Å²) in [7, 11) is 0.898. The minimum atomic E-state index is -4.06. The fourth-order valence-electron chi connectivity index (χ4n) is 0.817. The molecule has 1 rings (SSSR count). The predicted octanol–water partition coefficient (Wildman–Crippen LogP) is 2.13. The van der Waals surface area contributed by atoms with Gasteiger partial charge in [0.25, 0.3) is 14.3 Å². The van der Waals surface area contributed by atoms with Crippen molar-refractivity contribution in [1.82, 2.24) is 0 Å². The van der Waals surface area contributed by atoms with E-state index in [0.29, 0.717) is 6.07 Å². The molecule has 0 atom stereocenters. The van der Waals surface area contributed by atoms with Crippen molar-refractivity contribution in [2.24, 2.45) is 0 Å². The molecule has 1 aromatic rings. The van der Waals surface area contributed by atoms with E-state index in [1.165, 1.54) is 0 Å². The summed E-state index contributed by atoms with van der Waals surface area (Å²) >= 11 is 5.05. The predicted molar refractivity (Wildman–Crippen MR) is 49.6 cm³/mol. The van der Waals surface area contributed by atoms with Gasteiger partial charge in [-0.2, -0.15) is 0 Å². The van der Waals surface area contributed by atoms with Crippen molar-refractivity contribution in [2.75, 3.05) is 0 Å². The van der Waals surface area contributed by atoms with E-state index >= 15 is 0 Å². The van der Waals surface area contributed by atoms with E-state index in [-0.39, 0.29) is 5.56 Å². The van der Waals surface area contributed by atoms with Crippen molar-refractivity contribution in [3.05, 3.63) is 29.6 Å². The first-order chi connectivity index (χ1) is 6.30. The Morgan fingerprint density at radius 1 is 1.29 bits per heavy atom. The van der Waals surface area contributed by atoms with Gasteiger partial charge in [0, 0.05) is 16.2 Å². The first-order valence-corrected chi connectivity index (χ1v) is 5.94. The smallest absolute Gasteiger partial charge is 0.261 e. The Morgan fingerprint density at radius 3 is 2.29 bits per heavy atom. The molecule has 0 aliphatic heterocycles. The highest BCUT2D eigenvalue weighted by molar-refractivity contribution is 8.13. The summed E-state index contributed by atoms with van der Waals surface area (Å²) in [6.07, 6.45) is 0. The molecule has 0 bridgehead atoms. The highest BCUT2D eigenvalue weighted by Gasteiger charge is 2.14. The number of carbonyl (C=O) groups excluding carboxylic acids is 1. The Balaban J connectivity index is 3.43. The Hall–Kier alpha value is -0.650. The fourth-order valence-corrected chi connectivity index (χ4v) is 1.71. The summed E-state index contributed by atoms with van der Waals surface area (Å²) in [5.74, 6) is -0.893. The molecule has 0 N–H and O–H groups in total. The molecule has 3 nitrogen and oxygen atoms in total. The maximum atomic E-state index is 12.8. The van der Waals surface area contributed by atoms with E-state index in [2.05, 4.69) is 0 Å². The zero-order valence-corrected chi connectivity index (χ0v) is 8.83. The van der Waals surface area contributed by atoms with Crippen LogP contribution in [0.2, 0.25) is 0 Å². The molecule has 0 aliphatic carbocycles. The van der Waals surface area contributed by atoms with Crippen molar-refractivity contribution in [3.63, 3.8) is 0 Å². The van der Waals surface area contributed by atoms with Crippen LogP contribution >= 0.6 is 22.3 Å². The summed E-state index contributed by atoms with van der Waals surface area (Å²) in [4.78, 5) is 10.1. The minimum Gasteiger partial charge on any atom is -0.276 e. The van der Waals surface area contributed by atoms with Crippen molar-refractivity contribution in [3.8, 4) is 0 Å². The molecule has 0 fully saturated rings. The van der Waals surface area contributed by atoms with Gasteiger partial charge in [0.15, 0.2) is 0 Å². The van der Waals surface area contributed by atoms with E-state index in [0.717, 1.165) is 12.1 Å². The Bertz CT molecular complexity index is 484. The fraction of sp³-hybridized carbons (Fsp3) is 0. The second kappa shape index (κ2) is 3.84. The molecule has 0 unspecified atom stereocenters. The molecule has 76 valence electrons. The molecule has 0 aliphatic rings. The monoisotopic (exact) mass is 256 g/mol. The number of benzene rings is 1. The van der Waals surface area contributed by atoms with Crippen LogP contribution < -0.4 is 0 Å². The quantitative estimate of drug-likeness (QED) is 0.762. The summed E-state index contributed by atoms with van der Waals surface area (Å²) in [6.45, 7) is 0. The second-order valence-electron chi connectivity index (χ2n) is 2.39. The van der Waals surface area contributed by atoms with E-state index in [9.17, 15) is 17.6 Å². The largest absolute Gasteiger partial charge is 0.276 e. The summed E-state index contributed by atoms with van der Waals surface area (Å²) < 4.78 is 34.4. The summed E-state index contributed by atoms with van der Waals surface area (Å²) in [6, 6.07) is 2.42. The lowest BCUT2D eigenvalue weighted by Gasteiger charge is -1.99. The Morgan fingerprint density at radius 2 is 1.86 bits per heavy atom. The Labute approximate surface area is 88.9 Å². The molecule has 0 saturated carbocycles. The summed E-state index contributed by atoms with van der Waals surface area (Å²) in [5.41, 5.74) is -0.258. The Kier molecular flexibility index (Phi) is 3.14. The van der Waals surface area contributed by atoms with Gasteiger partial charge in [-0.3, -0.25) is 4.79 Å². The van der Waals surface area contributed by atoms with Gasteiger partial charge >= 0.3 is 0 Å². The molecule has 0 heterocycles. The molecular formula is C7H3Cl2FO3S. The number of halogens is 3. The zero-order valence-electron chi connectivity index (χ0n) is 6.50. The van der Waals surface area contributed by atoms with Gasteiger partial charge in [-0.05, 0) is 29.8 Å². The van der Waals surface area contributed by atoms with Gasteiger partial charge in [-0.1, -0.05) is 0 Å². The average molecular weight is 257 g/mol. The summed E-state index contributed by atoms with van der Waals surface area (Å²) in [5, 5.41) is -0.953. The number of hydrogen-bond acceptors (Lipinski definition) is 3. The van der Waals surface area contributed by atoms with Gasteiger partial charge in [0.2, 0.25) is 0 Å². The molecule has 0 amide bonds. The van der Waals surface area contributed by atoms with Crippen molar-refractivity contribution in [1.29, 1.82) is 0 Å². The normalized spacial score (nSPS) is 11.4. The first kappa shape index (κ1) is 11.4. The van der Waals surface area contributed by atoms with Crippen LogP contribution in [0.5, 0.6) is 0 Å². The van der Waals surface area contributed by atoms with Crippen molar-refractivity contribution >= 4 is 36.6 Å². The first-order valence-electron chi connectivity index (χ1n) is 3.26. The topological polar surface area (TPSA) is 51.2 Å². The third kappa shape index (κ3) is 2.67. The van der Waals surface area contributed by atoms with Crippen LogP contribution in [0.3, 0.4) is 0 Å². The van der Waals surface area contributed by atoms with Crippen LogP contribution in [-0.2, 0) is 9.05 Å². The van der Waals surface area contributed by atoms with E-state index in [4.69, 9.17) is 22.3 Å². The molecule has 7 heteroatoms. The van der Waals surface area contributed by atoms with Crippen LogP contribution in [-0.4, -0.2) is 13.7 Å². The van der Waals surface area contributed by atoms with Crippen LogP contribution in [0.25, 0.3) is 0 Å². The van der Waals surface area contributed by atoms with Gasteiger partial charge in [-0.25, -0.2) is 12.8 Å². The van der Waals surface area contributed by atoms with Crippen LogP contribution in [0.1, 0.15) is 10.4 Å². The molecule has 0 radical (unpaired) electrons. The zero-order chi connectivity index (χ0) is 10.9. The van der Waals surface area contributed by atoms with Crippen molar-refractivity contribution in [2.45, 2.75) is 4.90 Å². The molecule has 1 aromatic carbocycles. The molecule has 0 saturated heterocycles. The standard InChI is InChI=1S/C7H3Cl2FO3S/c8-7(11)4-1-5(10)3-6(2-4)14(9,12)13/h1-3H. The highest BCUT2D eigenvalue weighted by Crippen LogP contribution is 2.19. The number of carbonyl (C=O) groups is 1. The third-order valence-electron chi connectivity index (χ3n) is 1.38. The van der Waals surface area contributed by atoms with E-state index < -0.39 is 25.0 Å². The van der Waals surface area contributed by atoms with Gasteiger partial charge in [0.1, 0.15) is 5.82 Å². The lowest BCUT2D eigenvalue weighted by atomic mass is 10.2. The minimum absolute atomic E-state index is 0.258. The van der Waals surface area contributed by atoms with Crippen LogP contribution in [0.4, 0.5) is 4.39 Å². The SMILES string of the molecule is O=C(Cl)c1cc(F)cc(S(=O)(=O)Cl)c1. The molecule has 0 spiro atoms. The maximum Gasteiger partial charge on any atom is 0.261 e. The lowest BCUT2D eigenvalue weighted by Crippen LogP contribution is -1.97. The van der Waals surface area contributed by atoms with E-state index in [1.807, 2.05) is 0 Å². The number of rotatable bonds is 2. The van der Waals surface area contributed by atoms with E-state index in [1.54, 1.807) is 0 Å².